The van der Waals surface area contributed by atoms with Gasteiger partial charge in [-0.1, -0.05) is 19.3 Å². The van der Waals surface area contributed by atoms with E-state index >= 15 is 0 Å². The molecule has 2 rings (SSSR count). The van der Waals surface area contributed by atoms with Crippen molar-refractivity contribution in [2.45, 2.75) is 57.0 Å². The molecule has 0 amide bonds. The Morgan fingerprint density at radius 2 is 1.72 bits per heavy atom. The van der Waals surface area contributed by atoms with Crippen LogP contribution in [0.25, 0.3) is 0 Å². The van der Waals surface area contributed by atoms with Crippen molar-refractivity contribution in [1.29, 1.82) is 5.26 Å². The fourth-order valence-electron chi connectivity index (χ4n) is 3.60. The highest BCUT2D eigenvalue weighted by Crippen LogP contribution is 2.29. The molecule has 3 heteroatoms. The van der Waals surface area contributed by atoms with Crippen LogP contribution in [-0.2, 0) is 0 Å². The number of hydrogen-bond acceptors (Lipinski definition) is 3. The minimum atomic E-state index is 0.261. The van der Waals surface area contributed by atoms with Crippen molar-refractivity contribution in [2.75, 3.05) is 27.2 Å². The van der Waals surface area contributed by atoms with Gasteiger partial charge < -0.3 is 4.90 Å². The summed E-state index contributed by atoms with van der Waals surface area (Å²) in [6.07, 6.45) is 8.73. The smallest absolute Gasteiger partial charge is 0.0672 e. The van der Waals surface area contributed by atoms with Crippen molar-refractivity contribution in [3.63, 3.8) is 0 Å². The van der Waals surface area contributed by atoms with E-state index in [1.807, 2.05) is 0 Å². The standard InChI is InChI=1S/C15H27N3/c1-17-10-8-14(9-11-17)18(2)15-7-5-3-4-6-13(15)12-16/h13-15H,3-11H2,1-2H3. The molecule has 3 nitrogen and oxygen atoms in total. The van der Waals surface area contributed by atoms with Gasteiger partial charge in [-0.25, -0.2) is 0 Å². The van der Waals surface area contributed by atoms with Crippen molar-refractivity contribution >= 4 is 0 Å². The van der Waals surface area contributed by atoms with Crippen LogP contribution >= 0.6 is 0 Å². The summed E-state index contributed by atoms with van der Waals surface area (Å²) in [6, 6.07) is 3.77. The first-order valence-corrected chi connectivity index (χ1v) is 7.52. The number of likely N-dealkylation sites (tertiary alicyclic amines) is 1. The summed E-state index contributed by atoms with van der Waals surface area (Å²) in [7, 11) is 4.47. The summed E-state index contributed by atoms with van der Waals surface area (Å²) < 4.78 is 0. The third kappa shape index (κ3) is 3.24. The molecule has 2 fully saturated rings. The zero-order valence-corrected chi connectivity index (χ0v) is 11.9. The fraction of sp³-hybridized carbons (Fsp3) is 0.933. The average molecular weight is 249 g/mol. The minimum absolute atomic E-state index is 0.261. The molecule has 0 aromatic carbocycles. The summed E-state index contributed by atoms with van der Waals surface area (Å²) in [5, 5.41) is 9.39. The lowest BCUT2D eigenvalue weighted by Crippen LogP contribution is -2.48. The Labute approximate surface area is 112 Å². The second-order valence-corrected chi connectivity index (χ2v) is 6.14. The average Bonchev–Trinajstić information content (AvgIpc) is 2.63. The zero-order valence-electron chi connectivity index (χ0n) is 11.9. The van der Waals surface area contributed by atoms with E-state index in [4.69, 9.17) is 0 Å². The number of rotatable bonds is 2. The highest BCUT2D eigenvalue weighted by Gasteiger charge is 2.31. The van der Waals surface area contributed by atoms with E-state index in [-0.39, 0.29) is 5.92 Å². The van der Waals surface area contributed by atoms with Gasteiger partial charge in [-0.2, -0.15) is 5.26 Å². The maximum absolute atomic E-state index is 9.39. The second kappa shape index (κ2) is 6.54. The summed E-state index contributed by atoms with van der Waals surface area (Å²) in [5.41, 5.74) is 0. The zero-order chi connectivity index (χ0) is 13.0. The van der Waals surface area contributed by atoms with Gasteiger partial charge in [-0.15, -0.1) is 0 Å². The Morgan fingerprint density at radius 3 is 2.39 bits per heavy atom. The van der Waals surface area contributed by atoms with Crippen LogP contribution in [-0.4, -0.2) is 49.1 Å². The topological polar surface area (TPSA) is 30.3 Å². The molecule has 1 saturated heterocycles. The lowest BCUT2D eigenvalue weighted by molar-refractivity contribution is 0.0857. The summed E-state index contributed by atoms with van der Waals surface area (Å²) in [5.74, 6) is 0.261. The van der Waals surface area contributed by atoms with E-state index in [0.29, 0.717) is 12.1 Å². The van der Waals surface area contributed by atoms with Gasteiger partial charge >= 0.3 is 0 Å². The van der Waals surface area contributed by atoms with Gasteiger partial charge in [-0.05, 0) is 52.9 Å². The number of hydrogen-bond donors (Lipinski definition) is 0. The van der Waals surface area contributed by atoms with Crippen LogP contribution < -0.4 is 0 Å². The normalized spacial score (nSPS) is 32.1. The molecular formula is C15H27N3. The number of nitrogens with zero attached hydrogens (tertiary/aromatic N) is 3. The van der Waals surface area contributed by atoms with Gasteiger partial charge in [0.2, 0.25) is 0 Å². The SMILES string of the molecule is CN1CCC(N(C)C2CCCCCC2C#N)CC1. The van der Waals surface area contributed by atoms with Crippen LogP contribution in [0.3, 0.4) is 0 Å². The number of nitriles is 1. The van der Waals surface area contributed by atoms with E-state index in [9.17, 15) is 5.26 Å². The van der Waals surface area contributed by atoms with Crippen LogP contribution in [0.1, 0.15) is 44.9 Å². The minimum Gasteiger partial charge on any atom is -0.306 e. The Hall–Kier alpha value is -0.590. The van der Waals surface area contributed by atoms with E-state index in [1.54, 1.807) is 0 Å². The Bertz CT molecular complexity index is 289. The summed E-state index contributed by atoms with van der Waals surface area (Å²) >= 11 is 0. The fourth-order valence-corrected chi connectivity index (χ4v) is 3.60. The van der Waals surface area contributed by atoms with Crippen molar-refractivity contribution in [1.82, 2.24) is 9.80 Å². The van der Waals surface area contributed by atoms with Crippen LogP contribution in [0.4, 0.5) is 0 Å². The predicted molar refractivity (Wildman–Crippen MR) is 74.3 cm³/mol. The molecule has 2 unspecified atom stereocenters. The van der Waals surface area contributed by atoms with Gasteiger partial charge in [-0.3, -0.25) is 4.90 Å². The molecule has 1 heterocycles. The van der Waals surface area contributed by atoms with Crippen LogP contribution in [0.2, 0.25) is 0 Å². The highest BCUT2D eigenvalue weighted by molar-refractivity contribution is 4.96. The molecule has 0 N–H and O–H groups in total. The molecule has 1 aliphatic carbocycles. The Morgan fingerprint density at radius 1 is 1.06 bits per heavy atom. The van der Waals surface area contributed by atoms with E-state index in [2.05, 4.69) is 30.0 Å². The molecule has 18 heavy (non-hydrogen) atoms. The van der Waals surface area contributed by atoms with Crippen LogP contribution in [0.15, 0.2) is 0 Å². The first kappa shape index (κ1) is 13.8. The summed E-state index contributed by atoms with van der Waals surface area (Å²) in [4.78, 5) is 4.96. The van der Waals surface area contributed by atoms with Gasteiger partial charge in [0.05, 0.1) is 12.0 Å². The lowest BCUT2D eigenvalue weighted by atomic mass is 9.92. The molecule has 1 saturated carbocycles. The quantitative estimate of drug-likeness (QED) is 0.704. The van der Waals surface area contributed by atoms with Gasteiger partial charge in [0.25, 0.3) is 0 Å². The van der Waals surface area contributed by atoms with Gasteiger partial charge in [0, 0.05) is 12.1 Å². The lowest BCUT2D eigenvalue weighted by Gasteiger charge is -2.40. The Kier molecular flexibility index (Phi) is 5.03. The first-order valence-electron chi connectivity index (χ1n) is 7.52. The molecule has 1 aliphatic heterocycles. The molecule has 0 spiro atoms. The molecule has 0 radical (unpaired) electrons. The largest absolute Gasteiger partial charge is 0.306 e. The van der Waals surface area contributed by atoms with Crippen molar-refractivity contribution in [3.05, 3.63) is 0 Å². The Balaban J connectivity index is 1.97. The molecule has 2 atom stereocenters. The number of piperidine rings is 1. The maximum Gasteiger partial charge on any atom is 0.0672 e. The van der Waals surface area contributed by atoms with Gasteiger partial charge in [0.1, 0.15) is 0 Å². The van der Waals surface area contributed by atoms with Crippen LogP contribution in [0, 0.1) is 17.2 Å². The monoisotopic (exact) mass is 249 g/mol. The molecule has 102 valence electrons. The van der Waals surface area contributed by atoms with Crippen molar-refractivity contribution < 1.29 is 0 Å². The molecular weight excluding hydrogens is 222 g/mol. The predicted octanol–water partition coefficient (Wildman–Crippen LogP) is 2.48. The van der Waals surface area contributed by atoms with E-state index < -0.39 is 0 Å². The summed E-state index contributed by atoms with van der Waals surface area (Å²) in [6.45, 7) is 2.41. The third-order valence-electron chi connectivity index (χ3n) is 4.93. The third-order valence-corrected chi connectivity index (χ3v) is 4.93. The molecule has 0 aromatic rings. The van der Waals surface area contributed by atoms with Crippen molar-refractivity contribution in [3.8, 4) is 6.07 Å². The first-order chi connectivity index (χ1) is 8.72. The maximum atomic E-state index is 9.39. The molecule has 0 bridgehead atoms. The van der Waals surface area contributed by atoms with E-state index in [1.165, 1.54) is 51.6 Å². The van der Waals surface area contributed by atoms with E-state index in [0.717, 1.165) is 6.42 Å². The second-order valence-electron chi connectivity index (χ2n) is 6.14. The van der Waals surface area contributed by atoms with Gasteiger partial charge in [0.15, 0.2) is 0 Å². The van der Waals surface area contributed by atoms with Crippen molar-refractivity contribution in [2.24, 2.45) is 5.92 Å². The van der Waals surface area contributed by atoms with Crippen LogP contribution in [0.5, 0.6) is 0 Å². The molecule has 0 aromatic heterocycles. The highest BCUT2D eigenvalue weighted by atomic mass is 15.2. The molecule has 2 aliphatic rings.